The van der Waals surface area contributed by atoms with Gasteiger partial charge < -0.3 is 4.74 Å². The van der Waals surface area contributed by atoms with E-state index in [0.717, 1.165) is 0 Å². The van der Waals surface area contributed by atoms with Crippen LogP contribution in [0.15, 0.2) is 17.4 Å². The minimum absolute atomic E-state index is 0.101. The molecule has 0 aliphatic heterocycles. The fraction of sp³-hybridized carbons (Fsp3) is 0.600. The van der Waals surface area contributed by atoms with Crippen molar-refractivity contribution in [1.29, 1.82) is 0 Å². The Balaban J connectivity index is 2.92. The summed E-state index contributed by atoms with van der Waals surface area (Å²) >= 11 is 0. The van der Waals surface area contributed by atoms with Gasteiger partial charge in [-0.2, -0.15) is 5.10 Å². The van der Waals surface area contributed by atoms with Crippen molar-refractivity contribution in [1.82, 2.24) is 14.8 Å². The summed E-state index contributed by atoms with van der Waals surface area (Å²) in [5.74, 6) is 0.605. The lowest BCUT2D eigenvalue weighted by Crippen LogP contribution is -2.20. The molecular formula is C10H17N3O2. The second-order valence-corrected chi connectivity index (χ2v) is 3.61. The first kappa shape index (κ1) is 11.7. The van der Waals surface area contributed by atoms with Gasteiger partial charge in [0.1, 0.15) is 6.10 Å². The molecule has 1 heterocycles. The van der Waals surface area contributed by atoms with Crippen molar-refractivity contribution in [2.75, 3.05) is 0 Å². The topological polar surface area (TPSA) is 59.9 Å². The maximum atomic E-state index is 11.4. The van der Waals surface area contributed by atoms with Crippen molar-refractivity contribution < 1.29 is 4.74 Å². The highest BCUT2D eigenvalue weighted by Crippen LogP contribution is 2.14. The van der Waals surface area contributed by atoms with E-state index >= 15 is 0 Å². The van der Waals surface area contributed by atoms with Crippen LogP contribution in [0.5, 0.6) is 0 Å². The first-order chi connectivity index (χ1) is 7.06. The lowest BCUT2D eigenvalue weighted by molar-refractivity contribution is 0.0109. The van der Waals surface area contributed by atoms with Crippen molar-refractivity contribution in [2.24, 2.45) is 0 Å². The van der Waals surface area contributed by atoms with Gasteiger partial charge in [0.15, 0.2) is 5.82 Å². The van der Waals surface area contributed by atoms with Gasteiger partial charge in [-0.05, 0) is 20.8 Å². The van der Waals surface area contributed by atoms with Gasteiger partial charge in [-0.3, -0.25) is 4.57 Å². The Bertz CT molecular complexity index is 378. The highest BCUT2D eigenvalue weighted by atomic mass is 16.5. The predicted molar refractivity (Wildman–Crippen MR) is 57.7 cm³/mol. The summed E-state index contributed by atoms with van der Waals surface area (Å²) in [4.78, 5) is 11.4. The Labute approximate surface area is 88.8 Å². The van der Waals surface area contributed by atoms with Crippen LogP contribution in [0, 0.1) is 0 Å². The Hall–Kier alpha value is -1.36. The van der Waals surface area contributed by atoms with E-state index in [1.54, 1.807) is 6.08 Å². The molecule has 1 rings (SSSR count). The van der Waals surface area contributed by atoms with Crippen molar-refractivity contribution in [2.45, 2.75) is 39.5 Å². The Morgan fingerprint density at radius 3 is 2.80 bits per heavy atom. The third-order valence-corrected chi connectivity index (χ3v) is 1.94. The van der Waals surface area contributed by atoms with Crippen molar-refractivity contribution >= 4 is 0 Å². The van der Waals surface area contributed by atoms with E-state index in [4.69, 9.17) is 4.74 Å². The number of hydrogen-bond acceptors (Lipinski definition) is 3. The molecule has 84 valence electrons. The highest BCUT2D eigenvalue weighted by Gasteiger charge is 2.16. The van der Waals surface area contributed by atoms with E-state index in [1.807, 2.05) is 20.8 Å². The lowest BCUT2D eigenvalue weighted by atomic mass is 10.3. The van der Waals surface area contributed by atoms with Crippen molar-refractivity contribution in [3.63, 3.8) is 0 Å². The summed E-state index contributed by atoms with van der Waals surface area (Å²) in [6, 6.07) is 0. The molecule has 1 aromatic rings. The average Bonchev–Trinajstić information content (AvgIpc) is 2.48. The second-order valence-electron chi connectivity index (χ2n) is 3.61. The molecule has 1 atom stereocenters. The lowest BCUT2D eigenvalue weighted by Gasteiger charge is -2.15. The molecule has 0 bridgehead atoms. The third-order valence-electron chi connectivity index (χ3n) is 1.94. The highest BCUT2D eigenvalue weighted by molar-refractivity contribution is 4.92. The molecular weight excluding hydrogens is 194 g/mol. The number of aromatic nitrogens is 3. The smallest absolute Gasteiger partial charge is 0.343 e. The van der Waals surface area contributed by atoms with Gasteiger partial charge in [0, 0.05) is 6.54 Å². The van der Waals surface area contributed by atoms with Crippen LogP contribution in [0.1, 0.15) is 32.7 Å². The van der Waals surface area contributed by atoms with Crippen LogP contribution < -0.4 is 5.69 Å². The fourth-order valence-electron chi connectivity index (χ4n) is 1.41. The second kappa shape index (κ2) is 4.93. The summed E-state index contributed by atoms with van der Waals surface area (Å²) in [6.07, 6.45) is 1.55. The molecule has 5 heteroatoms. The molecule has 1 N–H and O–H groups in total. The van der Waals surface area contributed by atoms with Gasteiger partial charge in [0.2, 0.25) is 0 Å². The quantitative estimate of drug-likeness (QED) is 0.745. The average molecular weight is 211 g/mol. The SMILES string of the molecule is C=CCn1c([C@H](C)OC(C)C)n[nH]c1=O. The zero-order valence-corrected chi connectivity index (χ0v) is 9.36. The van der Waals surface area contributed by atoms with E-state index < -0.39 is 0 Å². The van der Waals surface area contributed by atoms with E-state index in [2.05, 4.69) is 16.8 Å². The maximum absolute atomic E-state index is 11.4. The van der Waals surface area contributed by atoms with E-state index in [9.17, 15) is 4.79 Å². The standard InChI is InChI=1S/C10H17N3O2/c1-5-6-13-9(11-12-10(13)14)8(4)15-7(2)3/h5,7-8H,1,6H2,2-4H3,(H,12,14)/t8-/m0/s1. The van der Waals surface area contributed by atoms with Crippen LogP contribution in [0.2, 0.25) is 0 Å². The molecule has 5 nitrogen and oxygen atoms in total. The van der Waals surface area contributed by atoms with E-state index in [1.165, 1.54) is 4.57 Å². The largest absolute Gasteiger partial charge is 0.368 e. The molecule has 0 aliphatic carbocycles. The first-order valence-corrected chi connectivity index (χ1v) is 4.97. The molecule has 0 saturated heterocycles. The normalized spacial score (nSPS) is 13.1. The van der Waals surface area contributed by atoms with Crippen LogP contribution in [0.25, 0.3) is 0 Å². The number of aromatic amines is 1. The predicted octanol–water partition coefficient (Wildman–Crippen LogP) is 1.24. The Morgan fingerprint density at radius 1 is 1.60 bits per heavy atom. The first-order valence-electron chi connectivity index (χ1n) is 4.97. The van der Waals surface area contributed by atoms with Crippen molar-refractivity contribution in [3.8, 4) is 0 Å². The number of H-pyrrole nitrogens is 1. The van der Waals surface area contributed by atoms with Crippen molar-refractivity contribution in [3.05, 3.63) is 29.0 Å². The Kier molecular flexibility index (Phi) is 3.85. The van der Waals surface area contributed by atoms with E-state index in [-0.39, 0.29) is 17.9 Å². The van der Waals surface area contributed by atoms with Gasteiger partial charge in [0.05, 0.1) is 6.10 Å². The molecule has 0 spiro atoms. The molecule has 0 amide bonds. The van der Waals surface area contributed by atoms with Gasteiger partial charge in [-0.15, -0.1) is 6.58 Å². The van der Waals surface area contributed by atoms with Gasteiger partial charge in [0.25, 0.3) is 0 Å². The minimum Gasteiger partial charge on any atom is -0.368 e. The molecule has 0 unspecified atom stereocenters. The summed E-state index contributed by atoms with van der Waals surface area (Å²) < 4.78 is 7.07. The molecule has 0 saturated carbocycles. The van der Waals surface area contributed by atoms with Crippen LogP contribution in [0.4, 0.5) is 0 Å². The third kappa shape index (κ3) is 2.79. The zero-order chi connectivity index (χ0) is 11.4. The summed E-state index contributed by atoms with van der Waals surface area (Å²) in [5, 5.41) is 6.35. The molecule has 1 aromatic heterocycles. The molecule has 0 radical (unpaired) electrons. The monoisotopic (exact) mass is 211 g/mol. The van der Waals surface area contributed by atoms with Gasteiger partial charge >= 0.3 is 5.69 Å². The van der Waals surface area contributed by atoms with Gasteiger partial charge in [-0.25, -0.2) is 9.89 Å². The van der Waals surface area contributed by atoms with Crippen LogP contribution in [-0.4, -0.2) is 20.9 Å². The summed E-state index contributed by atoms with van der Waals surface area (Å²) in [7, 11) is 0. The Morgan fingerprint density at radius 2 is 2.27 bits per heavy atom. The summed E-state index contributed by atoms with van der Waals surface area (Å²) in [5.41, 5.74) is -0.232. The molecule has 0 fully saturated rings. The number of allylic oxidation sites excluding steroid dienone is 1. The van der Waals surface area contributed by atoms with Crippen LogP contribution in [0.3, 0.4) is 0 Å². The van der Waals surface area contributed by atoms with Crippen LogP contribution in [-0.2, 0) is 11.3 Å². The molecule has 15 heavy (non-hydrogen) atoms. The summed E-state index contributed by atoms with van der Waals surface area (Å²) in [6.45, 7) is 9.79. The number of rotatable bonds is 5. The molecule has 0 aliphatic rings. The zero-order valence-electron chi connectivity index (χ0n) is 9.36. The van der Waals surface area contributed by atoms with Crippen LogP contribution >= 0.6 is 0 Å². The molecule has 0 aromatic carbocycles. The van der Waals surface area contributed by atoms with Gasteiger partial charge in [-0.1, -0.05) is 6.08 Å². The number of hydrogen-bond donors (Lipinski definition) is 1. The minimum atomic E-state index is -0.232. The fourth-order valence-corrected chi connectivity index (χ4v) is 1.41. The maximum Gasteiger partial charge on any atom is 0.343 e. The number of nitrogens with one attached hydrogen (secondary N) is 1. The van der Waals surface area contributed by atoms with E-state index in [0.29, 0.717) is 12.4 Å². The number of ether oxygens (including phenoxy) is 1. The number of nitrogens with zero attached hydrogens (tertiary/aromatic N) is 2.